The zero-order valence-corrected chi connectivity index (χ0v) is 21.9. The Morgan fingerprint density at radius 2 is 1.64 bits per heavy atom. The van der Waals surface area contributed by atoms with Crippen molar-refractivity contribution >= 4 is 23.4 Å². The van der Waals surface area contributed by atoms with Gasteiger partial charge in [-0.3, -0.25) is 0 Å². The van der Waals surface area contributed by atoms with Crippen LogP contribution in [0.1, 0.15) is 18.1 Å². The van der Waals surface area contributed by atoms with E-state index < -0.39 is 17.8 Å². The molecule has 1 saturated heterocycles. The van der Waals surface area contributed by atoms with Crippen LogP contribution < -0.4 is 20.7 Å². The summed E-state index contributed by atoms with van der Waals surface area (Å²) in [5, 5.41) is 7.93. The summed E-state index contributed by atoms with van der Waals surface area (Å²) in [6, 6.07) is 11.4. The van der Waals surface area contributed by atoms with Crippen molar-refractivity contribution in [2.24, 2.45) is 0 Å². The number of hydrogen-bond acceptors (Lipinski definition) is 7. The largest absolute Gasteiger partial charge is 0.439 e. The lowest BCUT2D eigenvalue weighted by Crippen LogP contribution is -2.46. The van der Waals surface area contributed by atoms with Gasteiger partial charge in [0.05, 0.1) is 5.56 Å². The maximum absolute atomic E-state index is 13.8. The van der Waals surface area contributed by atoms with E-state index in [9.17, 15) is 18.0 Å². The number of aromatic nitrogens is 2. The van der Waals surface area contributed by atoms with Crippen LogP contribution in [0.15, 0.2) is 54.7 Å². The molecule has 0 unspecified atom stereocenters. The van der Waals surface area contributed by atoms with E-state index >= 15 is 0 Å². The summed E-state index contributed by atoms with van der Waals surface area (Å²) in [6.45, 7) is 7.19. The Morgan fingerprint density at radius 3 is 2.31 bits per heavy atom. The van der Waals surface area contributed by atoms with E-state index in [1.54, 1.807) is 43.6 Å². The van der Waals surface area contributed by atoms with Crippen LogP contribution in [0.3, 0.4) is 0 Å². The monoisotopic (exact) mass is 543 g/mol. The van der Waals surface area contributed by atoms with Crippen molar-refractivity contribution in [2.45, 2.75) is 19.5 Å². The predicted octanol–water partition coefficient (Wildman–Crippen LogP) is 5.15. The summed E-state index contributed by atoms with van der Waals surface area (Å²) >= 11 is 0. The van der Waals surface area contributed by atoms with Gasteiger partial charge >= 0.3 is 12.2 Å². The smallest absolute Gasteiger partial charge is 0.416 e. The van der Waals surface area contributed by atoms with Gasteiger partial charge in [-0.15, -0.1) is 0 Å². The average molecular weight is 544 g/mol. The number of likely N-dealkylation sites (N-methyl/N-ethyl adjacent to an activating group) is 1. The van der Waals surface area contributed by atoms with Gasteiger partial charge in [0.15, 0.2) is 0 Å². The third-order valence-corrected chi connectivity index (χ3v) is 6.47. The Bertz CT molecular complexity index is 1250. The van der Waals surface area contributed by atoms with Crippen molar-refractivity contribution < 1.29 is 22.7 Å². The molecule has 0 atom stereocenters. The Hall–Kier alpha value is -3.90. The zero-order valence-electron chi connectivity index (χ0n) is 21.9. The number of rotatable bonds is 9. The van der Waals surface area contributed by atoms with Crippen LogP contribution in [0.4, 0.5) is 35.3 Å². The van der Waals surface area contributed by atoms with Crippen molar-refractivity contribution in [3.63, 3.8) is 0 Å². The lowest BCUT2D eigenvalue weighted by atomic mass is 10.0. The van der Waals surface area contributed by atoms with Gasteiger partial charge in [-0.25, -0.2) is 9.78 Å². The molecule has 0 radical (unpaired) electrons. The minimum Gasteiger partial charge on any atom is -0.439 e. The number of carbonyl (C=O) groups is 1. The molecule has 2 amide bonds. The SMILES string of the molecule is CCN1CCN(CCc2ccc(NC(=O)Nc3ccc(Oc4ccnc(NC)n4)cc3)cc2C(F)(F)F)CC1. The lowest BCUT2D eigenvalue weighted by Gasteiger charge is -2.34. The number of benzene rings is 2. The first-order valence-corrected chi connectivity index (χ1v) is 12.7. The zero-order chi connectivity index (χ0) is 27.8. The van der Waals surface area contributed by atoms with Gasteiger partial charge < -0.3 is 30.5 Å². The van der Waals surface area contributed by atoms with Crippen LogP contribution >= 0.6 is 0 Å². The molecule has 1 fully saturated rings. The van der Waals surface area contributed by atoms with Crippen LogP contribution in [0.5, 0.6) is 11.6 Å². The van der Waals surface area contributed by atoms with E-state index in [1.165, 1.54) is 12.1 Å². The predicted molar refractivity (Wildman–Crippen MR) is 144 cm³/mol. The number of halogens is 3. The number of carbonyl (C=O) groups excluding carboxylic acids is 1. The molecule has 1 aliphatic heterocycles. The molecule has 0 bridgehead atoms. The molecular weight excluding hydrogens is 511 g/mol. The first-order valence-electron chi connectivity index (χ1n) is 12.7. The molecule has 3 N–H and O–H groups in total. The van der Waals surface area contributed by atoms with Gasteiger partial charge in [-0.1, -0.05) is 13.0 Å². The number of ether oxygens (including phenoxy) is 1. The third kappa shape index (κ3) is 8.04. The molecule has 1 aliphatic rings. The summed E-state index contributed by atoms with van der Waals surface area (Å²) in [6.07, 6.45) is -2.69. The number of amides is 2. The van der Waals surface area contributed by atoms with Crippen molar-refractivity contribution in [1.82, 2.24) is 19.8 Å². The van der Waals surface area contributed by atoms with Crippen LogP contribution in [0.25, 0.3) is 0 Å². The van der Waals surface area contributed by atoms with Gasteiger partial charge in [0.2, 0.25) is 11.8 Å². The van der Waals surface area contributed by atoms with Gasteiger partial charge in [-0.05, 0) is 54.9 Å². The number of urea groups is 1. The topological polar surface area (TPSA) is 94.7 Å². The maximum Gasteiger partial charge on any atom is 0.416 e. The second kappa shape index (κ2) is 12.8. The van der Waals surface area contributed by atoms with Crippen LogP contribution in [-0.4, -0.2) is 72.1 Å². The minimum atomic E-state index is -4.53. The van der Waals surface area contributed by atoms with Crippen LogP contribution in [-0.2, 0) is 12.6 Å². The van der Waals surface area contributed by atoms with E-state index in [2.05, 4.69) is 42.6 Å². The van der Waals surface area contributed by atoms with Gasteiger partial charge in [-0.2, -0.15) is 18.2 Å². The highest BCUT2D eigenvalue weighted by Gasteiger charge is 2.33. The quantitative estimate of drug-likeness (QED) is 0.344. The minimum absolute atomic E-state index is 0.0594. The number of piperazine rings is 1. The molecule has 3 aromatic rings. The Morgan fingerprint density at radius 1 is 0.974 bits per heavy atom. The normalized spacial score (nSPS) is 14.6. The van der Waals surface area contributed by atoms with Gasteiger partial charge in [0.1, 0.15) is 5.75 Å². The third-order valence-electron chi connectivity index (χ3n) is 6.47. The number of nitrogens with one attached hydrogen (secondary N) is 3. The average Bonchev–Trinajstić information content (AvgIpc) is 2.93. The summed E-state index contributed by atoms with van der Waals surface area (Å²) < 4.78 is 47.2. The fraction of sp³-hybridized carbons (Fsp3) is 0.370. The van der Waals surface area contributed by atoms with E-state index in [0.29, 0.717) is 29.8 Å². The highest BCUT2D eigenvalue weighted by atomic mass is 19.4. The van der Waals surface area contributed by atoms with Gasteiger partial charge in [0.25, 0.3) is 0 Å². The molecule has 0 saturated carbocycles. The molecule has 39 heavy (non-hydrogen) atoms. The molecule has 1 aromatic heterocycles. The summed E-state index contributed by atoms with van der Waals surface area (Å²) in [4.78, 5) is 25.2. The Kier molecular flexibility index (Phi) is 9.20. The molecule has 0 aliphatic carbocycles. The summed E-state index contributed by atoms with van der Waals surface area (Å²) in [5.41, 5.74) is -0.0221. The van der Waals surface area contributed by atoms with Crippen molar-refractivity contribution in [1.29, 1.82) is 0 Å². The first kappa shape index (κ1) is 28.1. The highest BCUT2D eigenvalue weighted by Crippen LogP contribution is 2.34. The summed E-state index contributed by atoms with van der Waals surface area (Å²) in [5.74, 6) is 1.24. The molecule has 2 heterocycles. The Balaban J connectivity index is 1.34. The highest BCUT2D eigenvalue weighted by molar-refractivity contribution is 5.99. The number of nitrogens with zero attached hydrogens (tertiary/aromatic N) is 4. The molecule has 12 heteroatoms. The fourth-order valence-corrected chi connectivity index (χ4v) is 4.28. The van der Waals surface area contributed by atoms with E-state index in [0.717, 1.165) is 38.8 Å². The number of anilines is 3. The Labute approximate surface area is 225 Å². The fourth-order valence-electron chi connectivity index (χ4n) is 4.28. The lowest BCUT2D eigenvalue weighted by molar-refractivity contribution is -0.138. The molecule has 4 rings (SSSR count). The number of alkyl halides is 3. The second-order valence-electron chi connectivity index (χ2n) is 9.07. The van der Waals surface area contributed by atoms with Crippen molar-refractivity contribution in [3.05, 3.63) is 65.9 Å². The second-order valence-corrected chi connectivity index (χ2v) is 9.07. The van der Waals surface area contributed by atoms with E-state index in [-0.39, 0.29) is 17.7 Å². The van der Waals surface area contributed by atoms with Crippen molar-refractivity contribution in [2.75, 3.05) is 62.3 Å². The summed E-state index contributed by atoms with van der Waals surface area (Å²) in [7, 11) is 1.69. The van der Waals surface area contributed by atoms with E-state index in [1.807, 2.05) is 0 Å². The van der Waals surface area contributed by atoms with Crippen molar-refractivity contribution in [3.8, 4) is 11.6 Å². The van der Waals surface area contributed by atoms with Gasteiger partial charge in [0, 0.05) is 63.4 Å². The van der Waals surface area contributed by atoms with Crippen LogP contribution in [0.2, 0.25) is 0 Å². The first-order chi connectivity index (χ1) is 18.7. The molecule has 208 valence electrons. The maximum atomic E-state index is 13.8. The molecule has 0 spiro atoms. The van der Waals surface area contributed by atoms with E-state index in [4.69, 9.17) is 4.74 Å². The molecular formula is C27H32F3N7O2. The number of hydrogen-bond donors (Lipinski definition) is 3. The standard InChI is InChI=1S/C27H32F3N7O2/c1-3-36-14-16-37(17-15-36)13-11-19-4-5-21(18-23(19)27(28,29)30)34-26(38)33-20-6-8-22(9-7-20)39-24-10-12-32-25(31-2)35-24/h4-10,12,18H,3,11,13-17H2,1-2H3,(H,31,32,35)(H2,33,34,38). The van der Waals surface area contributed by atoms with Crippen LogP contribution in [0, 0.1) is 0 Å². The molecule has 2 aromatic carbocycles. The molecule has 9 nitrogen and oxygen atoms in total.